The third-order valence-electron chi connectivity index (χ3n) is 4.99. The van der Waals surface area contributed by atoms with Crippen LogP contribution in [-0.4, -0.2) is 23.1 Å². The van der Waals surface area contributed by atoms with E-state index in [1.165, 1.54) is 6.07 Å². The summed E-state index contributed by atoms with van der Waals surface area (Å²) in [6, 6.07) is 1.54. The van der Waals surface area contributed by atoms with Gasteiger partial charge in [-0.3, -0.25) is 0 Å². The summed E-state index contributed by atoms with van der Waals surface area (Å²) < 4.78 is 11.5. The van der Waals surface area contributed by atoms with Gasteiger partial charge in [-0.15, -0.1) is 0 Å². The highest BCUT2D eigenvalue weighted by Crippen LogP contribution is 2.39. The second-order valence-corrected chi connectivity index (χ2v) is 6.96. The van der Waals surface area contributed by atoms with Crippen LogP contribution in [0.1, 0.15) is 54.5 Å². The highest BCUT2D eigenvalue weighted by molar-refractivity contribution is 5.91. The van der Waals surface area contributed by atoms with Gasteiger partial charge in [0.05, 0.1) is 5.92 Å². The van der Waals surface area contributed by atoms with Gasteiger partial charge in [0.1, 0.15) is 23.2 Å². The summed E-state index contributed by atoms with van der Waals surface area (Å²) in [7, 11) is 0. The molecular formula is C20H22O5. The first-order valence-electron chi connectivity index (χ1n) is 8.36. The Morgan fingerprint density at radius 3 is 2.60 bits per heavy atom. The number of esters is 1. The Labute approximate surface area is 146 Å². The minimum Gasteiger partial charge on any atom is -0.478 e. The number of carboxylic acids is 1. The molecule has 0 fully saturated rings. The van der Waals surface area contributed by atoms with E-state index in [2.05, 4.69) is 13.2 Å². The van der Waals surface area contributed by atoms with Crippen molar-refractivity contribution in [2.24, 2.45) is 5.92 Å². The van der Waals surface area contributed by atoms with Crippen LogP contribution in [0.3, 0.4) is 0 Å². The molecule has 2 aliphatic heterocycles. The van der Waals surface area contributed by atoms with Crippen molar-refractivity contribution in [2.45, 2.75) is 45.1 Å². The Balaban J connectivity index is 2.14. The molecule has 1 aromatic rings. The van der Waals surface area contributed by atoms with E-state index >= 15 is 0 Å². The fourth-order valence-corrected chi connectivity index (χ4v) is 3.55. The minimum absolute atomic E-state index is 0.0335. The van der Waals surface area contributed by atoms with Crippen LogP contribution < -0.4 is 0 Å². The number of carbonyl (C=O) groups excluding carboxylic acids is 1. The van der Waals surface area contributed by atoms with Crippen molar-refractivity contribution in [3.05, 3.63) is 59.1 Å². The predicted octanol–water partition coefficient (Wildman–Crippen LogP) is 4.02. The van der Waals surface area contributed by atoms with Gasteiger partial charge in [-0.25, -0.2) is 9.59 Å². The number of aromatic carboxylic acids is 1. The third-order valence-corrected chi connectivity index (χ3v) is 4.99. The summed E-state index contributed by atoms with van der Waals surface area (Å²) in [5, 5.41) is 9.54. The molecule has 3 atom stereocenters. The SMILES string of the molecule is C=C(C)[C@@H]1CCC2=C[C@@H](OC2=O)[C@@H](C(=C)C)c2cc(C(=O)O)c(o2)C1. The normalized spacial score (nSPS) is 25.6. The Morgan fingerprint density at radius 2 is 2.00 bits per heavy atom. The van der Waals surface area contributed by atoms with Crippen molar-refractivity contribution in [3.8, 4) is 0 Å². The summed E-state index contributed by atoms with van der Waals surface area (Å²) in [6.45, 7) is 11.7. The first-order chi connectivity index (χ1) is 11.8. The maximum absolute atomic E-state index is 12.2. The fraction of sp³-hybridized carbons (Fsp3) is 0.400. The highest BCUT2D eigenvalue weighted by Gasteiger charge is 2.37. The second kappa shape index (κ2) is 6.39. The van der Waals surface area contributed by atoms with Gasteiger partial charge in [-0.2, -0.15) is 0 Å². The molecule has 0 radical (unpaired) electrons. The van der Waals surface area contributed by atoms with Crippen LogP contribution in [0.15, 0.2) is 46.4 Å². The first-order valence-corrected chi connectivity index (χ1v) is 8.36. The second-order valence-electron chi connectivity index (χ2n) is 6.96. The molecule has 5 nitrogen and oxygen atoms in total. The number of hydrogen-bond acceptors (Lipinski definition) is 4. The van der Waals surface area contributed by atoms with Gasteiger partial charge in [0, 0.05) is 12.0 Å². The third kappa shape index (κ3) is 3.18. The molecule has 2 aliphatic rings. The van der Waals surface area contributed by atoms with E-state index in [0.29, 0.717) is 36.4 Å². The van der Waals surface area contributed by atoms with E-state index in [1.807, 2.05) is 19.9 Å². The minimum atomic E-state index is -1.03. The monoisotopic (exact) mass is 342 g/mol. The van der Waals surface area contributed by atoms with Crippen LogP contribution in [0.25, 0.3) is 0 Å². The largest absolute Gasteiger partial charge is 0.478 e. The molecule has 0 aliphatic carbocycles. The molecule has 0 spiro atoms. The number of carboxylic acid groups (broad SMARTS) is 1. The van der Waals surface area contributed by atoms with Gasteiger partial charge in [0.25, 0.3) is 0 Å². The van der Waals surface area contributed by atoms with Crippen molar-refractivity contribution in [3.63, 3.8) is 0 Å². The van der Waals surface area contributed by atoms with Crippen molar-refractivity contribution in [1.29, 1.82) is 0 Å². The van der Waals surface area contributed by atoms with Gasteiger partial charge in [0.2, 0.25) is 0 Å². The fourth-order valence-electron chi connectivity index (χ4n) is 3.55. The topological polar surface area (TPSA) is 76.7 Å². The Kier molecular flexibility index (Phi) is 4.41. The molecular weight excluding hydrogens is 320 g/mol. The molecule has 5 heteroatoms. The van der Waals surface area contributed by atoms with E-state index in [-0.39, 0.29) is 17.5 Å². The molecule has 0 saturated heterocycles. The van der Waals surface area contributed by atoms with Gasteiger partial charge in [-0.05, 0) is 44.7 Å². The van der Waals surface area contributed by atoms with Gasteiger partial charge < -0.3 is 14.3 Å². The van der Waals surface area contributed by atoms with E-state index in [0.717, 1.165) is 11.1 Å². The molecule has 25 heavy (non-hydrogen) atoms. The molecule has 1 aromatic heterocycles. The van der Waals surface area contributed by atoms with Crippen LogP contribution >= 0.6 is 0 Å². The van der Waals surface area contributed by atoms with Crippen molar-refractivity contribution in [1.82, 2.24) is 0 Å². The zero-order chi connectivity index (χ0) is 18.3. The standard InChI is InChI=1S/C20H22O5/c1-10(2)12-5-6-13-8-16(25-20(13)23)18(11(3)4)17-9-14(19(21)22)15(7-12)24-17/h8-9,12,16,18H,1,3,5-7H2,2,4H3,(H,21,22)/t12-,16-,18-/m1/s1. The van der Waals surface area contributed by atoms with Crippen molar-refractivity contribution >= 4 is 11.9 Å². The lowest BCUT2D eigenvalue weighted by Gasteiger charge is -2.20. The average Bonchev–Trinajstić information content (AvgIpc) is 3.05. The lowest BCUT2D eigenvalue weighted by molar-refractivity contribution is -0.140. The number of allylic oxidation sites excluding steroid dienone is 1. The van der Waals surface area contributed by atoms with Gasteiger partial charge >= 0.3 is 11.9 Å². The smallest absolute Gasteiger partial charge is 0.339 e. The number of rotatable bonds is 3. The summed E-state index contributed by atoms with van der Waals surface area (Å²) in [6.07, 6.45) is 3.03. The Hall–Kier alpha value is -2.56. The van der Waals surface area contributed by atoms with Gasteiger partial charge in [0.15, 0.2) is 0 Å². The number of furan rings is 1. The Morgan fingerprint density at radius 1 is 1.28 bits per heavy atom. The van der Waals surface area contributed by atoms with Gasteiger partial charge in [-0.1, -0.05) is 24.3 Å². The summed E-state index contributed by atoms with van der Waals surface area (Å²) >= 11 is 0. The molecule has 1 N–H and O–H groups in total. The van der Waals surface area contributed by atoms with Crippen molar-refractivity contribution in [2.75, 3.05) is 0 Å². The van der Waals surface area contributed by atoms with Crippen LogP contribution in [0.5, 0.6) is 0 Å². The van der Waals surface area contributed by atoms with E-state index in [1.54, 1.807) is 0 Å². The average molecular weight is 342 g/mol. The Bertz CT molecular complexity index is 795. The van der Waals surface area contributed by atoms with Crippen LogP contribution in [0.2, 0.25) is 0 Å². The molecule has 4 bridgehead atoms. The number of fused-ring (bicyclic) bond motifs is 3. The van der Waals surface area contributed by atoms with Crippen LogP contribution in [0, 0.1) is 5.92 Å². The van der Waals surface area contributed by atoms with E-state index < -0.39 is 18.0 Å². The summed E-state index contributed by atoms with van der Waals surface area (Å²) in [5.74, 6) is -0.792. The lowest BCUT2D eigenvalue weighted by atomic mass is 9.87. The zero-order valence-corrected chi connectivity index (χ0v) is 14.5. The molecule has 3 heterocycles. The lowest BCUT2D eigenvalue weighted by Crippen LogP contribution is -2.19. The predicted molar refractivity (Wildman–Crippen MR) is 92.4 cm³/mol. The maximum Gasteiger partial charge on any atom is 0.339 e. The molecule has 0 amide bonds. The number of ether oxygens (including phenoxy) is 1. The quantitative estimate of drug-likeness (QED) is 0.663. The summed E-state index contributed by atoms with van der Waals surface area (Å²) in [5.41, 5.74) is 2.51. The van der Waals surface area contributed by atoms with Crippen LogP contribution in [-0.2, 0) is 16.0 Å². The van der Waals surface area contributed by atoms with E-state index in [9.17, 15) is 14.7 Å². The molecule has 0 unspecified atom stereocenters. The van der Waals surface area contributed by atoms with E-state index in [4.69, 9.17) is 9.15 Å². The first kappa shape index (κ1) is 17.3. The molecule has 132 valence electrons. The van der Waals surface area contributed by atoms with Crippen molar-refractivity contribution < 1.29 is 23.8 Å². The zero-order valence-electron chi connectivity index (χ0n) is 14.5. The molecule has 3 rings (SSSR count). The molecule has 0 saturated carbocycles. The maximum atomic E-state index is 12.2. The van der Waals surface area contributed by atoms with Crippen LogP contribution in [0.4, 0.5) is 0 Å². The summed E-state index contributed by atoms with van der Waals surface area (Å²) in [4.78, 5) is 23.8. The number of carbonyl (C=O) groups is 2. The molecule has 0 aromatic carbocycles. The highest BCUT2D eigenvalue weighted by atomic mass is 16.5. The number of hydrogen-bond donors (Lipinski definition) is 1.